The van der Waals surface area contributed by atoms with Crippen molar-refractivity contribution in [3.8, 4) is 0 Å². The molecule has 0 aliphatic carbocycles. The highest BCUT2D eigenvalue weighted by Crippen LogP contribution is 2.13. The molecule has 0 atom stereocenters. The highest BCUT2D eigenvalue weighted by Gasteiger charge is 2.25. The highest BCUT2D eigenvalue weighted by molar-refractivity contribution is 5.27. The monoisotopic (exact) mass is 237 g/mol. The molecule has 17 heavy (non-hydrogen) atoms. The summed E-state index contributed by atoms with van der Waals surface area (Å²) in [5, 5.41) is 22.0. The van der Waals surface area contributed by atoms with Crippen LogP contribution in [-0.2, 0) is 13.0 Å². The summed E-state index contributed by atoms with van der Waals surface area (Å²) in [6, 6.07) is 8.25. The van der Waals surface area contributed by atoms with E-state index in [-0.39, 0.29) is 13.2 Å². The van der Waals surface area contributed by atoms with Crippen molar-refractivity contribution in [2.45, 2.75) is 38.8 Å². The quantitative estimate of drug-likeness (QED) is 0.673. The maximum Gasteiger partial charge on any atom is 0.0648 e. The van der Waals surface area contributed by atoms with Gasteiger partial charge in [-0.25, -0.2) is 0 Å². The van der Waals surface area contributed by atoms with Crippen LogP contribution in [0.1, 0.15) is 31.4 Å². The SMILES string of the molecule is CCc1ccccc1CNC(CC)(CO)CO. The summed E-state index contributed by atoms with van der Waals surface area (Å²) in [5.74, 6) is 0. The van der Waals surface area contributed by atoms with E-state index < -0.39 is 5.54 Å². The highest BCUT2D eigenvalue weighted by atomic mass is 16.3. The Morgan fingerprint density at radius 3 is 2.12 bits per heavy atom. The molecule has 0 fully saturated rings. The topological polar surface area (TPSA) is 52.5 Å². The Bertz CT molecular complexity index is 326. The molecule has 3 heteroatoms. The fourth-order valence-corrected chi connectivity index (χ4v) is 1.87. The molecular weight excluding hydrogens is 214 g/mol. The van der Waals surface area contributed by atoms with Crippen LogP contribution in [0.3, 0.4) is 0 Å². The standard InChI is InChI=1S/C14H23NO2/c1-3-12-7-5-6-8-13(12)9-15-14(4-2,10-16)11-17/h5-8,15-17H,3-4,9-11H2,1-2H3. The molecule has 0 saturated heterocycles. The van der Waals surface area contributed by atoms with E-state index in [9.17, 15) is 10.2 Å². The van der Waals surface area contributed by atoms with Crippen LogP contribution in [0, 0.1) is 0 Å². The average Bonchev–Trinajstić information content (AvgIpc) is 2.41. The number of aryl methyl sites for hydroxylation is 1. The van der Waals surface area contributed by atoms with Crippen molar-refractivity contribution in [3.05, 3.63) is 35.4 Å². The van der Waals surface area contributed by atoms with Crippen molar-refractivity contribution >= 4 is 0 Å². The second-order valence-corrected chi connectivity index (χ2v) is 4.43. The molecule has 1 rings (SSSR count). The van der Waals surface area contributed by atoms with Gasteiger partial charge in [0, 0.05) is 6.54 Å². The fourth-order valence-electron chi connectivity index (χ4n) is 1.87. The van der Waals surface area contributed by atoms with Gasteiger partial charge in [-0.15, -0.1) is 0 Å². The van der Waals surface area contributed by atoms with Gasteiger partial charge < -0.3 is 15.5 Å². The second kappa shape index (κ2) is 6.74. The van der Waals surface area contributed by atoms with Gasteiger partial charge in [-0.2, -0.15) is 0 Å². The van der Waals surface area contributed by atoms with E-state index >= 15 is 0 Å². The third-order valence-electron chi connectivity index (χ3n) is 3.44. The van der Waals surface area contributed by atoms with Crippen LogP contribution in [0.15, 0.2) is 24.3 Å². The Labute approximate surface area is 103 Å². The average molecular weight is 237 g/mol. The molecule has 1 aromatic carbocycles. The van der Waals surface area contributed by atoms with E-state index in [4.69, 9.17) is 0 Å². The first-order valence-electron chi connectivity index (χ1n) is 6.25. The predicted octanol–water partition coefficient (Wildman–Crippen LogP) is 1.47. The maximum atomic E-state index is 9.36. The number of aliphatic hydroxyl groups is 2. The Balaban J connectivity index is 2.71. The summed E-state index contributed by atoms with van der Waals surface area (Å²) < 4.78 is 0. The number of hydrogen-bond donors (Lipinski definition) is 3. The maximum absolute atomic E-state index is 9.36. The Hall–Kier alpha value is -0.900. The van der Waals surface area contributed by atoms with Crippen LogP contribution in [0.2, 0.25) is 0 Å². The molecule has 0 spiro atoms. The second-order valence-electron chi connectivity index (χ2n) is 4.43. The van der Waals surface area contributed by atoms with Gasteiger partial charge in [0.2, 0.25) is 0 Å². The van der Waals surface area contributed by atoms with Gasteiger partial charge in [-0.1, -0.05) is 38.1 Å². The molecule has 0 bridgehead atoms. The molecule has 0 aliphatic heterocycles. The summed E-state index contributed by atoms with van der Waals surface area (Å²) in [6.45, 7) is 4.68. The van der Waals surface area contributed by atoms with Crippen LogP contribution in [0.25, 0.3) is 0 Å². The van der Waals surface area contributed by atoms with Gasteiger partial charge in [0.05, 0.1) is 18.8 Å². The summed E-state index contributed by atoms with van der Waals surface area (Å²) >= 11 is 0. The zero-order valence-corrected chi connectivity index (χ0v) is 10.7. The molecule has 0 saturated carbocycles. The predicted molar refractivity (Wildman–Crippen MR) is 69.9 cm³/mol. The number of nitrogens with one attached hydrogen (secondary N) is 1. The van der Waals surface area contributed by atoms with E-state index in [1.54, 1.807) is 0 Å². The summed E-state index contributed by atoms with van der Waals surface area (Å²) in [7, 11) is 0. The van der Waals surface area contributed by atoms with E-state index in [0.717, 1.165) is 6.42 Å². The van der Waals surface area contributed by atoms with Crippen molar-refractivity contribution < 1.29 is 10.2 Å². The molecular formula is C14H23NO2. The number of hydrogen-bond acceptors (Lipinski definition) is 3. The van der Waals surface area contributed by atoms with Crippen molar-refractivity contribution in [2.24, 2.45) is 0 Å². The zero-order valence-electron chi connectivity index (χ0n) is 10.7. The van der Waals surface area contributed by atoms with E-state index in [1.165, 1.54) is 11.1 Å². The molecule has 1 aromatic rings. The Morgan fingerprint density at radius 1 is 1.06 bits per heavy atom. The normalized spacial score (nSPS) is 11.8. The molecule has 96 valence electrons. The minimum Gasteiger partial charge on any atom is -0.394 e. The molecule has 0 heterocycles. The van der Waals surface area contributed by atoms with Gasteiger partial charge in [0.25, 0.3) is 0 Å². The van der Waals surface area contributed by atoms with Crippen LogP contribution in [0.5, 0.6) is 0 Å². The lowest BCUT2D eigenvalue weighted by molar-refractivity contribution is 0.0863. The zero-order chi connectivity index (χ0) is 12.7. The lowest BCUT2D eigenvalue weighted by atomic mass is 9.97. The van der Waals surface area contributed by atoms with E-state index in [0.29, 0.717) is 13.0 Å². The van der Waals surface area contributed by atoms with Crippen LogP contribution in [0.4, 0.5) is 0 Å². The van der Waals surface area contributed by atoms with Gasteiger partial charge in [-0.3, -0.25) is 0 Å². The minimum atomic E-state index is -0.569. The molecule has 3 nitrogen and oxygen atoms in total. The van der Waals surface area contributed by atoms with Crippen LogP contribution >= 0.6 is 0 Å². The number of rotatable bonds is 7. The van der Waals surface area contributed by atoms with Crippen molar-refractivity contribution in [2.75, 3.05) is 13.2 Å². The molecule has 3 N–H and O–H groups in total. The van der Waals surface area contributed by atoms with Gasteiger partial charge in [-0.05, 0) is 24.0 Å². The summed E-state index contributed by atoms with van der Waals surface area (Å²) in [5.41, 5.74) is 1.97. The molecule has 0 aromatic heterocycles. The molecule has 0 unspecified atom stereocenters. The van der Waals surface area contributed by atoms with Crippen LogP contribution in [-0.4, -0.2) is 29.0 Å². The van der Waals surface area contributed by atoms with Gasteiger partial charge in [0.1, 0.15) is 0 Å². The van der Waals surface area contributed by atoms with Crippen molar-refractivity contribution in [3.63, 3.8) is 0 Å². The fraction of sp³-hybridized carbons (Fsp3) is 0.571. The van der Waals surface area contributed by atoms with Crippen molar-refractivity contribution in [1.82, 2.24) is 5.32 Å². The van der Waals surface area contributed by atoms with E-state index in [1.807, 2.05) is 19.1 Å². The molecule has 0 aliphatic rings. The van der Waals surface area contributed by atoms with Gasteiger partial charge >= 0.3 is 0 Å². The third-order valence-corrected chi connectivity index (χ3v) is 3.44. The van der Waals surface area contributed by atoms with Crippen LogP contribution < -0.4 is 5.32 Å². The Kier molecular flexibility index (Phi) is 5.62. The number of aliphatic hydroxyl groups excluding tert-OH is 2. The minimum absolute atomic E-state index is 0.0473. The Morgan fingerprint density at radius 2 is 1.65 bits per heavy atom. The molecule has 0 radical (unpaired) electrons. The third kappa shape index (κ3) is 3.53. The summed E-state index contributed by atoms with van der Waals surface area (Å²) in [4.78, 5) is 0. The van der Waals surface area contributed by atoms with E-state index in [2.05, 4.69) is 24.4 Å². The lowest BCUT2D eigenvalue weighted by Gasteiger charge is -2.30. The largest absolute Gasteiger partial charge is 0.394 e. The van der Waals surface area contributed by atoms with Crippen molar-refractivity contribution in [1.29, 1.82) is 0 Å². The first-order chi connectivity index (χ1) is 8.21. The lowest BCUT2D eigenvalue weighted by Crippen LogP contribution is -2.50. The van der Waals surface area contributed by atoms with Gasteiger partial charge in [0.15, 0.2) is 0 Å². The smallest absolute Gasteiger partial charge is 0.0648 e. The molecule has 0 amide bonds. The summed E-state index contributed by atoms with van der Waals surface area (Å²) in [6.07, 6.45) is 1.70. The number of benzene rings is 1. The first kappa shape index (κ1) is 14.2. The first-order valence-corrected chi connectivity index (χ1v) is 6.25.